The average molecular weight is 257 g/mol. The smallest absolute Gasteiger partial charge is 0.0722 e. The van der Waals surface area contributed by atoms with Gasteiger partial charge in [0.1, 0.15) is 0 Å². The van der Waals surface area contributed by atoms with Gasteiger partial charge in [-0.2, -0.15) is 0 Å². The van der Waals surface area contributed by atoms with Crippen LogP contribution in [-0.2, 0) is 0 Å². The molecule has 20 heavy (non-hydrogen) atoms. The van der Waals surface area contributed by atoms with E-state index < -0.39 is 0 Å². The van der Waals surface area contributed by atoms with Gasteiger partial charge >= 0.3 is 0 Å². The minimum absolute atomic E-state index is 0.786. The van der Waals surface area contributed by atoms with E-state index in [1.165, 1.54) is 27.5 Å². The molecule has 4 rings (SSSR count). The second-order valence-corrected chi connectivity index (χ2v) is 5.13. The van der Waals surface area contributed by atoms with E-state index in [1.54, 1.807) is 0 Å². The normalized spacial score (nSPS) is 17.3. The highest BCUT2D eigenvalue weighted by Gasteiger charge is 2.18. The maximum atomic E-state index is 4.71. The van der Waals surface area contributed by atoms with Gasteiger partial charge in [-0.1, -0.05) is 66.8 Å². The zero-order valence-corrected chi connectivity index (χ0v) is 11.2. The Labute approximate surface area is 118 Å². The number of hydrogen-bond donors (Lipinski definition) is 0. The van der Waals surface area contributed by atoms with Crippen LogP contribution in [0, 0.1) is 0 Å². The maximum absolute atomic E-state index is 4.71. The molecule has 0 amide bonds. The Hall–Kier alpha value is -2.41. The van der Waals surface area contributed by atoms with Crippen molar-refractivity contribution < 1.29 is 0 Å². The molecular formula is C19H15N. The molecule has 1 aliphatic heterocycles. The van der Waals surface area contributed by atoms with Crippen LogP contribution in [0.5, 0.6) is 0 Å². The molecule has 2 aromatic carbocycles. The predicted octanol–water partition coefficient (Wildman–Crippen LogP) is 4.56. The fraction of sp³-hybridized carbons (Fsp3) is 0.105. The molecule has 0 atom stereocenters. The summed E-state index contributed by atoms with van der Waals surface area (Å²) in [6.45, 7) is 0.786. The minimum atomic E-state index is 0.786. The molecule has 0 aromatic heterocycles. The van der Waals surface area contributed by atoms with Crippen molar-refractivity contribution in [2.24, 2.45) is 4.99 Å². The molecule has 96 valence electrons. The van der Waals surface area contributed by atoms with Crippen LogP contribution < -0.4 is 0 Å². The largest absolute Gasteiger partial charge is 0.280 e. The SMILES string of the molecule is C1=CC2=CCC=C(c3cccc4ccccc34)C2=NC1. The molecule has 0 saturated heterocycles. The number of allylic oxidation sites excluding steroid dienone is 5. The lowest BCUT2D eigenvalue weighted by Crippen LogP contribution is -2.12. The van der Waals surface area contributed by atoms with Crippen LogP contribution in [0.3, 0.4) is 0 Å². The van der Waals surface area contributed by atoms with Crippen molar-refractivity contribution in [3.05, 3.63) is 77.9 Å². The van der Waals surface area contributed by atoms with Gasteiger partial charge in [-0.05, 0) is 28.3 Å². The van der Waals surface area contributed by atoms with E-state index in [-0.39, 0.29) is 0 Å². The number of fused-ring (bicyclic) bond motifs is 2. The first kappa shape index (κ1) is 11.4. The molecule has 0 fully saturated rings. The average Bonchev–Trinajstić information content (AvgIpc) is 2.54. The first-order valence-electron chi connectivity index (χ1n) is 7.04. The van der Waals surface area contributed by atoms with E-state index in [4.69, 9.17) is 4.99 Å². The molecule has 0 bridgehead atoms. The second kappa shape index (κ2) is 4.61. The number of benzene rings is 2. The summed E-state index contributed by atoms with van der Waals surface area (Å²) in [7, 11) is 0. The van der Waals surface area contributed by atoms with Gasteiger partial charge in [0, 0.05) is 5.57 Å². The van der Waals surface area contributed by atoms with E-state index in [0.717, 1.165) is 18.7 Å². The van der Waals surface area contributed by atoms with Crippen molar-refractivity contribution in [3.63, 3.8) is 0 Å². The van der Waals surface area contributed by atoms with Gasteiger partial charge in [-0.15, -0.1) is 0 Å². The zero-order valence-electron chi connectivity index (χ0n) is 11.2. The Balaban J connectivity index is 1.92. The Morgan fingerprint density at radius 2 is 1.80 bits per heavy atom. The standard InChI is InChI=1S/C19H15N/c1-2-10-16-14(6-1)7-3-11-17(16)18-12-4-8-15-9-5-13-20-19(15)18/h1-3,5-12H,4,13H2. The van der Waals surface area contributed by atoms with Gasteiger partial charge in [0.25, 0.3) is 0 Å². The van der Waals surface area contributed by atoms with Gasteiger partial charge in [-0.3, -0.25) is 4.99 Å². The quantitative estimate of drug-likeness (QED) is 0.710. The molecule has 0 unspecified atom stereocenters. The van der Waals surface area contributed by atoms with E-state index in [0.29, 0.717) is 0 Å². The van der Waals surface area contributed by atoms with Crippen LogP contribution in [0.2, 0.25) is 0 Å². The summed E-state index contributed by atoms with van der Waals surface area (Å²) < 4.78 is 0. The molecule has 1 nitrogen and oxygen atoms in total. The van der Waals surface area contributed by atoms with Crippen molar-refractivity contribution in [3.8, 4) is 0 Å². The second-order valence-electron chi connectivity index (χ2n) is 5.13. The highest BCUT2D eigenvalue weighted by Crippen LogP contribution is 2.32. The summed E-state index contributed by atoms with van der Waals surface area (Å²) in [5.41, 5.74) is 4.99. The summed E-state index contributed by atoms with van der Waals surface area (Å²) in [6, 6.07) is 15.1. The third-order valence-corrected chi connectivity index (χ3v) is 3.92. The van der Waals surface area contributed by atoms with Gasteiger partial charge in [0.2, 0.25) is 0 Å². The number of dihydropyridines is 1. The van der Waals surface area contributed by atoms with Gasteiger partial charge in [-0.25, -0.2) is 0 Å². The third kappa shape index (κ3) is 1.75. The number of hydrogen-bond acceptors (Lipinski definition) is 1. The van der Waals surface area contributed by atoms with Gasteiger partial charge < -0.3 is 0 Å². The number of aliphatic imine (C=N–C) groups is 1. The molecule has 0 radical (unpaired) electrons. The fourth-order valence-corrected chi connectivity index (χ4v) is 3.00. The maximum Gasteiger partial charge on any atom is 0.0722 e. The third-order valence-electron chi connectivity index (χ3n) is 3.92. The molecule has 1 aliphatic carbocycles. The minimum Gasteiger partial charge on any atom is -0.280 e. The van der Waals surface area contributed by atoms with E-state index in [9.17, 15) is 0 Å². The van der Waals surface area contributed by atoms with Crippen LogP contribution in [0.1, 0.15) is 12.0 Å². The zero-order chi connectivity index (χ0) is 13.4. The molecule has 2 aliphatic rings. The van der Waals surface area contributed by atoms with Crippen molar-refractivity contribution in [1.82, 2.24) is 0 Å². The van der Waals surface area contributed by atoms with E-state index in [2.05, 4.69) is 66.8 Å². The molecule has 1 heteroatoms. The molecule has 0 saturated carbocycles. The van der Waals surface area contributed by atoms with Gasteiger partial charge in [0.05, 0.1) is 12.3 Å². The lowest BCUT2D eigenvalue weighted by Gasteiger charge is -2.20. The molecular weight excluding hydrogens is 242 g/mol. The van der Waals surface area contributed by atoms with Crippen molar-refractivity contribution >= 4 is 22.1 Å². The summed E-state index contributed by atoms with van der Waals surface area (Å²) in [5, 5.41) is 2.59. The summed E-state index contributed by atoms with van der Waals surface area (Å²) in [6.07, 6.45) is 9.85. The summed E-state index contributed by atoms with van der Waals surface area (Å²) in [4.78, 5) is 4.71. The Morgan fingerprint density at radius 1 is 0.900 bits per heavy atom. The van der Waals surface area contributed by atoms with Crippen molar-refractivity contribution in [2.75, 3.05) is 6.54 Å². The molecule has 1 heterocycles. The van der Waals surface area contributed by atoms with E-state index >= 15 is 0 Å². The Morgan fingerprint density at radius 3 is 2.80 bits per heavy atom. The van der Waals surface area contributed by atoms with Crippen LogP contribution in [-0.4, -0.2) is 12.3 Å². The highest BCUT2D eigenvalue weighted by atomic mass is 14.7. The first-order chi connectivity index (χ1) is 9.93. The van der Waals surface area contributed by atoms with E-state index in [1.807, 2.05) is 0 Å². The van der Waals surface area contributed by atoms with Crippen LogP contribution in [0.15, 0.2) is 77.3 Å². The summed E-state index contributed by atoms with van der Waals surface area (Å²) >= 11 is 0. The number of rotatable bonds is 1. The Kier molecular flexibility index (Phi) is 2.63. The van der Waals surface area contributed by atoms with Crippen molar-refractivity contribution in [2.45, 2.75) is 6.42 Å². The first-order valence-corrected chi connectivity index (χ1v) is 7.04. The lowest BCUT2D eigenvalue weighted by molar-refractivity contribution is 1.20. The van der Waals surface area contributed by atoms with Crippen LogP contribution in [0.25, 0.3) is 16.3 Å². The highest BCUT2D eigenvalue weighted by molar-refractivity contribution is 6.35. The monoisotopic (exact) mass is 257 g/mol. The van der Waals surface area contributed by atoms with Crippen LogP contribution >= 0.6 is 0 Å². The van der Waals surface area contributed by atoms with Crippen LogP contribution in [0.4, 0.5) is 0 Å². The summed E-state index contributed by atoms with van der Waals surface area (Å²) in [5.74, 6) is 0. The Bertz CT molecular complexity index is 798. The molecule has 0 N–H and O–H groups in total. The molecule has 0 spiro atoms. The predicted molar refractivity (Wildman–Crippen MR) is 86.1 cm³/mol. The fourth-order valence-electron chi connectivity index (χ4n) is 3.00. The molecule has 2 aromatic rings. The number of nitrogens with zero attached hydrogens (tertiary/aromatic N) is 1. The topological polar surface area (TPSA) is 12.4 Å². The van der Waals surface area contributed by atoms with Crippen molar-refractivity contribution in [1.29, 1.82) is 0 Å². The van der Waals surface area contributed by atoms with Gasteiger partial charge in [0.15, 0.2) is 0 Å². The lowest BCUT2D eigenvalue weighted by atomic mass is 9.87.